The molecule has 1 N–H and O–H groups in total. The summed E-state index contributed by atoms with van der Waals surface area (Å²) in [6, 6.07) is 9.70. The van der Waals surface area contributed by atoms with E-state index in [0.29, 0.717) is 13.1 Å². The van der Waals surface area contributed by atoms with Gasteiger partial charge in [0.05, 0.1) is 12.1 Å². The molecule has 4 rings (SSSR count). The van der Waals surface area contributed by atoms with Crippen LogP contribution in [0.1, 0.15) is 6.42 Å². The Morgan fingerprint density at radius 3 is 2.64 bits per heavy atom. The highest BCUT2D eigenvalue weighted by atomic mass is 16.2. The van der Waals surface area contributed by atoms with Gasteiger partial charge in [0.15, 0.2) is 0 Å². The number of amides is 1. The molecule has 0 spiro atoms. The Labute approximate surface area is 163 Å². The molecule has 1 aliphatic heterocycles. The summed E-state index contributed by atoms with van der Waals surface area (Å²) in [5.74, 6) is 0.820. The smallest absolute Gasteiger partial charge is 0.234 e. The number of nitrogens with zero attached hydrogens (tertiary/aromatic N) is 7. The van der Waals surface area contributed by atoms with Crippen molar-refractivity contribution in [2.45, 2.75) is 13.0 Å². The number of fused-ring (bicyclic) bond motifs is 1. The van der Waals surface area contributed by atoms with Crippen molar-refractivity contribution < 1.29 is 4.79 Å². The number of carbonyl (C=O) groups excluding carboxylic acids is 1. The zero-order chi connectivity index (χ0) is 19.2. The quantitative estimate of drug-likeness (QED) is 0.599. The van der Waals surface area contributed by atoms with E-state index in [1.54, 1.807) is 12.4 Å². The molecule has 1 aromatic carbocycles. The lowest BCUT2D eigenvalue weighted by Crippen LogP contribution is -2.50. The summed E-state index contributed by atoms with van der Waals surface area (Å²) in [6.07, 6.45) is 4.33. The Morgan fingerprint density at radius 1 is 1.04 bits per heavy atom. The van der Waals surface area contributed by atoms with Gasteiger partial charge in [-0.2, -0.15) is 0 Å². The number of para-hydroxylation sites is 1. The molecule has 0 atom stereocenters. The minimum Gasteiger partial charge on any atom is -0.355 e. The Balaban J connectivity index is 1.15. The lowest BCUT2D eigenvalue weighted by atomic mass is 10.3. The fraction of sp³-hybridized carbons (Fsp3) is 0.421. The molecule has 1 amide bonds. The molecule has 2 aromatic heterocycles. The summed E-state index contributed by atoms with van der Waals surface area (Å²) >= 11 is 0. The molecule has 1 aliphatic rings. The number of carbonyl (C=O) groups is 1. The van der Waals surface area contributed by atoms with Crippen LogP contribution in [0.4, 0.5) is 5.95 Å². The van der Waals surface area contributed by atoms with Crippen LogP contribution in [0, 0.1) is 0 Å². The van der Waals surface area contributed by atoms with Crippen LogP contribution in [0.5, 0.6) is 0 Å². The van der Waals surface area contributed by atoms with Crippen LogP contribution in [-0.4, -0.2) is 75.0 Å². The van der Waals surface area contributed by atoms with Gasteiger partial charge in [0.2, 0.25) is 11.9 Å². The van der Waals surface area contributed by atoms with E-state index in [1.165, 1.54) is 0 Å². The van der Waals surface area contributed by atoms with Gasteiger partial charge in [-0.3, -0.25) is 9.69 Å². The predicted octanol–water partition coefficient (Wildman–Crippen LogP) is 0.550. The van der Waals surface area contributed by atoms with Gasteiger partial charge in [0.1, 0.15) is 5.52 Å². The van der Waals surface area contributed by atoms with E-state index in [1.807, 2.05) is 35.0 Å². The van der Waals surface area contributed by atoms with E-state index < -0.39 is 0 Å². The van der Waals surface area contributed by atoms with Crippen molar-refractivity contribution >= 4 is 22.9 Å². The third kappa shape index (κ3) is 4.42. The maximum Gasteiger partial charge on any atom is 0.234 e. The molecule has 146 valence electrons. The summed E-state index contributed by atoms with van der Waals surface area (Å²) in [4.78, 5) is 25.1. The van der Waals surface area contributed by atoms with Crippen LogP contribution >= 0.6 is 0 Å². The highest BCUT2D eigenvalue weighted by Gasteiger charge is 2.20. The number of rotatable bonds is 7. The van der Waals surface area contributed by atoms with E-state index in [2.05, 4.69) is 35.4 Å². The first kappa shape index (κ1) is 18.3. The van der Waals surface area contributed by atoms with Gasteiger partial charge in [0, 0.05) is 51.7 Å². The van der Waals surface area contributed by atoms with Crippen molar-refractivity contribution in [1.29, 1.82) is 0 Å². The Hall–Kier alpha value is -3.07. The second-order valence-electron chi connectivity index (χ2n) is 6.82. The minimum atomic E-state index is 0.0628. The molecule has 0 aliphatic carbocycles. The van der Waals surface area contributed by atoms with Crippen molar-refractivity contribution in [2.24, 2.45) is 0 Å². The molecular formula is C19H24N8O. The van der Waals surface area contributed by atoms with Crippen LogP contribution in [-0.2, 0) is 11.3 Å². The highest BCUT2D eigenvalue weighted by molar-refractivity contribution is 5.78. The third-order valence-corrected chi connectivity index (χ3v) is 4.86. The minimum absolute atomic E-state index is 0.0628. The van der Waals surface area contributed by atoms with E-state index in [0.717, 1.165) is 56.1 Å². The van der Waals surface area contributed by atoms with Crippen LogP contribution in [0.2, 0.25) is 0 Å². The molecule has 3 heterocycles. The first-order valence-electron chi connectivity index (χ1n) is 9.59. The largest absolute Gasteiger partial charge is 0.355 e. The van der Waals surface area contributed by atoms with Gasteiger partial charge in [0.25, 0.3) is 0 Å². The van der Waals surface area contributed by atoms with Crippen molar-refractivity contribution in [2.75, 3.05) is 44.2 Å². The predicted molar refractivity (Wildman–Crippen MR) is 106 cm³/mol. The molecule has 3 aromatic rings. The normalized spacial score (nSPS) is 15.1. The van der Waals surface area contributed by atoms with Gasteiger partial charge in [-0.1, -0.05) is 17.3 Å². The monoisotopic (exact) mass is 380 g/mol. The number of hydrogen-bond donors (Lipinski definition) is 1. The lowest BCUT2D eigenvalue weighted by Gasteiger charge is -2.34. The van der Waals surface area contributed by atoms with Gasteiger partial charge in [-0.15, -0.1) is 5.10 Å². The maximum atomic E-state index is 12.2. The molecule has 0 saturated carbocycles. The molecule has 9 heteroatoms. The third-order valence-electron chi connectivity index (χ3n) is 4.86. The van der Waals surface area contributed by atoms with Crippen molar-refractivity contribution in [3.63, 3.8) is 0 Å². The van der Waals surface area contributed by atoms with Crippen LogP contribution in [0.25, 0.3) is 11.0 Å². The molecule has 1 fully saturated rings. The number of aromatic nitrogens is 5. The first-order valence-corrected chi connectivity index (χ1v) is 9.59. The van der Waals surface area contributed by atoms with E-state index in [4.69, 9.17) is 0 Å². The zero-order valence-electron chi connectivity index (χ0n) is 15.7. The molecule has 0 bridgehead atoms. The first-order chi connectivity index (χ1) is 13.8. The van der Waals surface area contributed by atoms with E-state index >= 15 is 0 Å². The molecule has 28 heavy (non-hydrogen) atoms. The summed E-state index contributed by atoms with van der Waals surface area (Å²) < 4.78 is 1.88. The molecule has 0 unspecified atom stereocenters. The average molecular weight is 380 g/mol. The summed E-state index contributed by atoms with van der Waals surface area (Å²) in [5.41, 5.74) is 1.92. The number of hydrogen-bond acceptors (Lipinski definition) is 7. The van der Waals surface area contributed by atoms with Crippen molar-refractivity contribution in [3.8, 4) is 0 Å². The van der Waals surface area contributed by atoms with Crippen molar-refractivity contribution in [1.82, 2.24) is 35.2 Å². The fourth-order valence-corrected chi connectivity index (χ4v) is 3.36. The zero-order valence-corrected chi connectivity index (χ0v) is 15.7. The van der Waals surface area contributed by atoms with E-state index in [-0.39, 0.29) is 5.91 Å². The topological polar surface area (TPSA) is 92.1 Å². The number of nitrogens with one attached hydrogen (secondary N) is 1. The lowest BCUT2D eigenvalue weighted by molar-refractivity contribution is -0.122. The average Bonchev–Trinajstić information content (AvgIpc) is 3.16. The number of aryl methyl sites for hydroxylation is 1. The Bertz CT molecular complexity index is 904. The molecule has 9 nitrogen and oxygen atoms in total. The second-order valence-corrected chi connectivity index (χ2v) is 6.82. The fourth-order valence-electron chi connectivity index (χ4n) is 3.36. The molecular weight excluding hydrogens is 356 g/mol. The molecule has 1 saturated heterocycles. The number of benzene rings is 1. The maximum absolute atomic E-state index is 12.2. The van der Waals surface area contributed by atoms with Gasteiger partial charge in [-0.05, 0) is 24.6 Å². The van der Waals surface area contributed by atoms with Crippen molar-refractivity contribution in [3.05, 3.63) is 42.7 Å². The standard InChI is InChI=1S/C19H24N8O/c28-18(15-25-11-13-26(14-12-25)19-21-7-3-8-22-19)20-9-4-10-27-17-6-2-1-5-16(17)23-24-27/h1-3,5-8H,4,9-15H2,(H,20,28). The van der Waals surface area contributed by atoms with Gasteiger partial charge in [-0.25, -0.2) is 14.6 Å². The number of piperazine rings is 1. The summed E-state index contributed by atoms with van der Waals surface area (Å²) in [6.45, 7) is 5.11. The molecule has 0 radical (unpaired) electrons. The van der Waals surface area contributed by atoms with Crippen LogP contribution < -0.4 is 10.2 Å². The number of anilines is 1. The Morgan fingerprint density at radius 2 is 1.82 bits per heavy atom. The second kappa shape index (κ2) is 8.75. The van der Waals surface area contributed by atoms with Gasteiger partial charge < -0.3 is 10.2 Å². The summed E-state index contributed by atoms with van der Waals surface area (Å²) in [5, 5.41) is 11.3. The van der Waals surface area contributed by atoms with Gasteiger partial charge >= 0.3 is 0 Å². The SMILES string of the molecule is O=C(CN1CCN(c2ncccn2)CC1)NCCCn1nnc2ccccc21. The highest BCUT2D eigenvalue weighted by Crippen LogP contribution is 2.10. The van der Waals surface area contributed by atoms with Crippen LogP contribution in [0.15, 0.2) is 42.7 Å². The van der Waals surface area contributed by atoms with E-state index in [9.17, 15) is 4.79 Å². The summed E-state index contributed by atoms with van der Waals surface area (Å²) in [7, 11) is 0. The Kier molecular flexibility index (Phi) is 5.72. The van der Waals surface area contributed by atoms with Crippen LogP contribution in [0.3, 0.4) is 0 Å².